The molecule has 3 aromatic rings. The molecule has 30 heavy (non-hydrogen) atoms. The topological polar surface area (TPSA) is 70.5 Å². The van der Waals surface area contributed by atoms with Crippen LogP contribution in [0.25, 0.3) is 0 Å². The molecule has 2 aromatic heterocycles. The van der Waals surface area contributed by atoms with Gasteiger partial charge in [0.15, 0.2) is 5.76 Å². The number of ketones is 1. The van der Waals surface area contributed by atoms with E-state index in [4.69, 9.17) is 0 Å². The van der Waals surface area contributed by atoms with E-state index in [1.54, 1.807) is 29.6 Å². The number of pyridine rings is 1. The summed E-state index contributed by atoms with van der Waals surface area (Å²) in [5.41, 5.74) is 2.73. The lowest BCUT2D eigenvalue weighted by atomic mass is 9.93. The van der Waals surface area contributed by atoms with Crippen LogP contribution in [-0.4, -0.2) is 21.8 Å². The van der Waals surface area contributed by atoms with Crippen LogP contribution in [0.15, 0.2) is 71.3 Å². The zero-order valence-corrected chi connectivity index (χ0v) is 17.8. The second kappa shape index (κ2) is 7.88. The summed E-state index contributed by atoms with van der Waals surface area (Å²) in [6.45, 7) is 6.05. The number of aryl methyl sites for hydroxylation is 1. The van der Waals surface area contributed by atoms with Gasteiger partial charge >= 0.3 is 0 Å². The highest BCUT2D eigenvalue weighted by atomic mass is 32.1. The fourth-order valence-electron chi connectivity index (χ4n) is 3.66. The van der Waals surface area contributed by atoms with Crippen LogP contribution in [0.2, 0.25) is 0 Å². The fraction of sp³-hybridized carbons (Fsp3) is 0.208. The van der Waals surface area contributed by atoms with E-state index in [-0.39, 0.29) is 11.4 Å². The molecule has 1 aliphatic heterocycles. The maximum Gasteiger partial charge on any atom is 0.295 e. The second-order valence-electron chi connectivity index (χ2n) is 7.60. The Hall–Kier alpha value is -3.25. The van der Waals surface area contributed by atoms with Crippen molar-refractivity contribution in [3.63, 3.8) is 0 Å². The molecule has 0 bridgehead atoms. The van der Waals surface area contributed by atoms with Crippen LogP contribution in [0.3, 0.4) is 0 Å². The monoisotopic (exact) mass is 418 g/mol. The zero-order chi connectivity index (χ0) is 21.4. The van der Waals surface area contributed by atoms with Crippen molar-refractivity contribution in [2.45, 2.75) is 32.7 Å². The third kappa shape index (κ3) is 3.44. The highest BCUT2D eigenvalue weighted by Gasteiger charge is 2.45. The molecule has 4 rings (SSSR count). The van der Waals surface area contributed by atoms with Gasteiger partial charge in [0.05, 0.1) is 16.5 Å². The first-order chi connectivity index (χ1) is 14.4. The Morgan fingerprint density at radius 1 is 1.10 bits per heavy atom. The molecular formula is C24H22N2O3S. The minimum absolute atomic E-state index is 0.0862. The number of hydrogen-bond acceptors (Lipinski definition) is 5. The predicted octanol–water partition coefficient (Wildman–Crippen LogP) is 5.36. The number of carbonyl (C=O) groups excluding carboxylic acids is 2. The first-order valence-corrected chi connectivity index (χ1v) is 10.6. The third-order valence-electron chi connectivity index (χ3n) is 5.24. The van der Waals surface area contributed by atoms with Gasteiger partial charge in [0.1, 0.15) is 5.82 Å². The van der Waals surface area contributed by atoms with Crippen LogP contribution < -0.4 is 4.90 Å². The van der Waals surface area contributed by atoms with Gasteiger partial charge in [0.2, 0.25) is 5.78 Å². The van der Waals surface area contributed by atoms with E-state index in [1.165, 1.54) is 16.2 Å². The van der Waals surface area contributed by atoms with Crippen molar-refractivity contribution >= 4 is 28.8 Å². The normalized spacial score (nSPS) is 16.6. The number of thiophene rings is 1. The fourth-order valence-corrected chi connectivity index (χ4v) is 4.33. The van der Waals surface area contributed by atoms with Crippen molar-refractivity contribution in [1.29, 1.82) is 0 Å². The summed E-state index contributed by atoms with van der Waals surface area (Å²) in [6, 6.07) is 15.9. The summed E-state index contributed by atoms with van der Waals surface area (Å²) in [6.07, 6.45) is 0. The Morgan fingerprint density at radius 2 is 1.83 bits per heavy atom. The average Bonchev–Trinajstić information content (AvgIpc) is 3.35. The van der Waals surface area contributed by atoms with Crippen LogP contribution in [0.1, 0.15) is 52.3 Å². The lowest BCUT2D eigenvalue weighted by Crippen LogP contribution is -2.31. The maximum atomic E-state index is 13.3. The quantitative estimate of drug-likeness (QED) is 0.567. The minimum atomic E-state index is -0.748. The van der Waals surface area contributed by atoms with Gasteiger partial charge in [0, 0.05) is 5.69 Å². The smallest absolute Gasteiger partial charge is 0.295 e. The molecule has 0 radical (unpaired) electrons. The number of anilines is 1. The van der Waals surface area contributed by atoms with Crippen molar-refractivity contribution in [3.8, 4) is 0 Å². The lowest BCUT2D eigenvalue weighted by molar-refractivity contribution is -0.117. The SMILES string of the molecule is Cc1cccc(N2C(=O)C(O)=C(C(=O)c3cccs3)[C@H]2c2ccc(C(C)C)cc2)n1. The largest absolute Gasteiger partial charge is 0.503 e. The molecule has 1 aliphatic rings. The maximum absolute atomic E-state index is 13.3. The van der Waals surface area contributed by atoms with E-state index in [1.807, 2.05) is 37.3 Å². The van der Waals surface area contributed by atoms with E-state index in [0.29, 0.717) is 16.6 Å². The van der Waals surface area contributed by atoms with Crippen LogP contribution in [0.5, 0.6) is 0 Å². The van der Waals surface area contributed by atoms with Crippen LogP contribution in [0, 0.1) is 6.92 Å². The molecule has 1 aromatic carbocycles. The van der Waals surface area contributed by atoms with Crippen molar-refractivity contribution in [2.75, 3.05) is 4.90 Å². The van der Waals surface area contributed by atoms with E-state index in [0.717, 1.165) is 16.8 Å². The highest BCUT2D eigenvalue weighted by Crippen LogP contribution is 2.42. The number of Topliss-reactive ketones (excluding diaryl/α,β-unsaturated/α-hetero) is 1. The van der Waals surface area contributed by atoms with E-state index in [9.17, 15) is 14.7 Å². The van der Waals surface area contributed by atoms with Gasteiger partial charge in [-0.1, -0.05) is 50.2 Å². The molecule has 1 atom stereocenters. The number of rotatable bonds is 5. The number of nitrogens with zero attached hydrogens (tertiary/aromatic N) is 2. The summed E-state index contributed by atoms with van der Waals surface area (Å²) in [7, 11) is 0. The number of carbonyl (C=O) groups is 2. The van der Waals surface area contributed by atoms with Gasteiger partial charge in [0.25, 0.3) is 5.91 Å². The second-order valence-corrected chi connectivity index (χ2v) is 8.55. The van der Waals surface area contributed by atoms with Crippen molar-refractivity contribution in [2.24, 2.45) is 0 Å². The Kier molecular flexibility index (Phi) is 5.26. The van der Waals surface area contributed by atoms with Crippen molar-refractivity contribution in [3.05, 3.63) is 93.0 Å². The summed E-state index contributed by atoms with van der Waals surface area (Å²) in [4.78, 5) is 32.7. The molecule has 5 nitrogen and oxygen atoms in total. The molecule has 152 valence electrons. The number of aliphatic hydroxyl groups excluding tert-OH is 1. The summed E-state index contributed by atoms with van der Waals surface area (Å²) in [5, 5.41) is 12.5. The summed E-state index contributed by atoms with van der Waals surface area (Å²) < 4.78 is 0. The average molecular weight is 419 g/mol. The van der Waals surface area contributed by atoms with Gasteiger partial charge in [-0.05, 0) is 47.5 Å². The van der Waals surface area contributed by atoms with Gasteiger partial charge < -0.3 is 5.11 Å². The number of aliphatic hydroxyl groups is 1. The van der Waals surface area contributed by atoms with Gasteiger partial charge in [-0.15, -0.1) is 11.3 Å². The molecule has 0 saturated carbocycles. The molecule has 0 saturated heterocycles. The van der Waals surface area contributed by atoms with E-state index >= 15 is 0 Å². The zero-order valence-electron chi connectivity index (χ0n) is 17.0. The van der Waals surface area contributed by atoms with Gasteiger partial charge in [-0.3, -0.25) is 14.5 Å². The molecule has 0 unspecified atom stereocenters. The van der Waals surface area contributed by atoms with E-state index < -0.39 is 17.7 Å². The number of hydrogen-bond donors (Lipinski definition) is 1. The molecule has 1 amide bonds. The first-order valence-electron chi connectivity index (χ1n) is 9.77. The molecule has 6 heteroatoms. The Labute approximate surface area is 179 Å². The molecular weight excluding hydrogens is 396 g/mol. The Balaban J connectivity index is 1.87. The number of aromatic nitrogens is 1. The molecule has 0 aliphatic carbocycles. The minimum Gasteiger partial charge on any atom is -0.503 e. The van der Waals surface area contributed by atoms with Gasteiger partial charge in [-0.25, -0.2) is 4.98 Å². The van der Waals surface area contributed by atoms with Crippen molar-refractivity contribution in [1.82, 2.24) is 4.98 Å². The van der Waals surface area contributed by atoms with E-state index in [2.05, 4.69) is 18.8 Å². The van der Waals surface area contributed by atoms with Crippen LogP contribution in [-0.2, 0) is 4.79 Å². The summed E-state index contributed by atoms with van der Waals surface area (Å²) >= 11 is 1.28. The van der Waals surface area contributed by atoms with Crippen LogP contribution >= 0.6 is 11.3 Å². The first kappa shape index (κ1) is 20.0. The lowest BCUT2D eigenvalue weighted by Gasteiger charge is -2.26. The Bertz CT molecular complexity index is 1130. The predicted molar refractivity (Wildman–Crippen MR) is 118 cm³/mol. The highest BCUT2D eigenvalue weighted by molar-refractivity contribution is 7.12. The summed E-state index contributed by atoms with van der Waals surface area (Å²) in [5.74, 6) is -0.724. The van der Waals surface area contributed by atoms with Gasteiger partial charge in [-0.2, -0.15) is 0 Å². The van der Waals surface area contributed by atoms with Crippen LogP contribution in [0.4, 0.5) is 5.82 Å². The number of amides is 1. The molecule has 0 spiro atoms. The van der Waals surface area contributed by atoms with Crippen molar-refractivity contribution < 1.29 is 14.7 Å². The molecule has 0 fully saturated rings. The molecule has 3 heterocycles. The third-order valence-corrected chi connectivity index (χ3v) is 6.11. The molecule has 1 N–H and O–H groups in total. The number of benzene rings is 1. The Morgan fingerprint density at radius 3 is 2.43 bits per heavy atom. The standard InChI is InChI=1S/C24H22N2O3S/c1-14(2)16-9-11-17(12-10-16)21-20(22(27)18-7-5-13-30-18)23(28)24(29)26(21)19-8-4-6-15(3)25-19/h4-14,21,28H,1-3H3/t21-/m1/s1.